The molecule has 112 valence electrons. The Kier molecular flexibility index (Phi) is 3.04. The highest BCUT2D eigenvalue weighted by Crippen LogP contribution is 2.20. The molecule has 2 aromatic rings. The minimum absolute atomic E-state index is 0.582. The third-order valence-electron chi connectivity index (χ3n) is 4.80. The van der Waals surface area contributed by atoms with Gasteiger partial charge in [0.1, 0.15) is 12.1 Å². The van der Waals surface area contributed by atoms with Crippen LogP contribution in [0.5, 0.6) is 0 Å². The van der Waals surface area contributed by atoms with E-state index in [4.69, 9.17) is 0 Å². The molecular formula is C14H21N7. The molecule has 2 bridgehead atoms. The zero-order valence-electron chi connectivity index (χ0n) is 12.6. The predicted octanol–water partition coefficient (Wildman–Crippen LogP) is 0.153. The van der Waals surface area contributed by atoms with Crippen molar-refractivity contribution in [2.45, 2.75) is 19.9 Å². The van der Waals surface area contributed by atoms with E-state index in [9.17, 15) is 0 Å². The standard InChI is InChI=1S/C14H21N7/c1-10-11(2)18-14-16-9-17-21(14)13(10)15-7-12-8-19-3-5-20(12)6-4-19/h9,12,15H,3-8H2,1-2H3. The Morgan fingerprint density at radius 1 is 1.24 bits per heavy atom. The van der Waals surface area contributed by atoms with E-state index in [2.05, 4.69) is 37.1 Å². The smallest absolute Gasteiger partial charge is 0.254 e. The van der Waals surface area contributed by atoms with Crippen molar-refractivity contribution in [3.63, 3.8) is 0 Å². The lowest BCUT2D eigenvalue weighted by molar-refractivity contribution is 0.0189. The van der Waals surface area contributed by atoms with Gasteiger partial charge in [-0.3, -0.25) is 9.80 Å². The summed E-state index contributed by atoms with van der Waals surface area (Å²) in [5.41, 5.74) is 2.15. The molecule has 21 heavy (non-hydrogen) atoms. The first-order valence-corrected chi connectivity index (χ1v) is 7.59. The summed E-state index contributed by atoms with van der Waals surface area (Å²) in [6.45, 7) is 11.0. The van der Waals surface area contributed by atoms with Crippen molar-refractivity contribution < 1.29 is 0 Å². The molecule has 1 unspecified atom stereocenters. The molecule has 3 saturated heterocycles. The van der Waals surface area contributed by atoms with Gasteiger partial charge >= 0.3 is 0 Å². The van der Waals surface area contributed by atoms with E-state index in [1.165, 1.54) is 26.2 Å². The van der Waals surface area contributed by atoms with Crippen LogP contribution in [-0.4, -0.2) is 74.7 Å². The highest BCUT2D eigenvalue weighted by molar-refractivity contribution is 5.51. The summed E-state index contributed by atoms with van der Waals surface area (Å²) >= 11 is 0. The fourth-order valence-corrected chi connectivity index (χ4v) is 3.37. The van der Waals surface area contributed by atoms with Crippen molar-refractivity contribution >= 4 is 11.6 Å². The number of hydrogen-bond donors (Lipinski definition) is 1. The number of fused-ring (bicyclic) bond motifs is 4. The Labute approximate surface area is 124 Å². The van der Waals surface area contributed by atoms with Crippen LogP contribution in [-0.2, 0) is 0 Å². The Morgan fingerprint density at radius 2 is 2.05 bits per heavy atom. The van der Waals surface area contributed by atoms with Crippen molar-refractivity contribution in [2.24, 2.45) is 0 Å². The van der Waals surface area contributed by atoms with E-state index >= 15 is 0 Å². The van der Waals surface area contributed by atoms with Crippen LogP contribution in [0.4, 0.5) is 5.82 Å². The normalized spacial score (nSPS) is 28.2. The third-order valence-corrected chi connectivity index (χ3v) is 4.80. The first-order valence-electron chi connectivity index (χ1n) is 7.59. The molecule has 3 fully saturated rings. The summed E-state index contributed by atoms with van der Waals surface area (Å²) in [5.74, 6) is 1.68. The Hall–Kier alpha value is -1.73. The zero-order chi connectivity index (χ0) is 14.4. The second kappa shape index (κ2) is 4.92. The number of rotatable bonds is 3. The molecule has 0 amide bonds. The maximum absolute atomic E-state index is 4.46. The van der Waals surface area contributed by atoms with Crippen molar-refractivity contribution in [3.8, 4) is 0 Å². The number of hydrogen-bond acceptors (Lipinski definition) is 6. The van der Waals surface area contributed by atoms with Crippen LogP contribution in [0, 0.1) is 13.8 Å². The minimum atomic E-state index is 0.582. The van der Waals surface area contributed by atoms with Crippen LogP contribution in [0.2, 0.25) is 0 Å². The molecule has 7 nitrogen and oxygen atoms in total. The van der Waals surface area contributed by atoms with Gasteiger partial charge in [-0.25, -0.2) is 4.98 Å². The molecular weight excluding hydrogens is 266 g/mol. The molecule has 5 heterocycles. The fraction of sp³-hybridized carbons (Fsp3) is 0.643. The van der Waals surface area contributed by atoms with Gasteiger partial charge in [-0.1, -0.05) is 0 Å². The van der Waals surface area contributed by atoms with Crippen molar-refractivity contribution in [2.75, 3.05) is 44.6 Å². The molecule has 3 aliphatic heterocycles. The van der Waals surface area contributed by atoms with E-state index in [-0.39, 0.29) is 0 Å². The Bertz CT molecular complexity index is 657. The third kappa shape index (κ3) is 2.16. The maximum atomic E-state index is 4.46. The summed E-state index contributed by atoms with van der Waals surface area (Å²) in [4.78, 5) is 13.8. The van der Waals surface area contributed by atoms with Gasteiger partial charge in [0.15, 0.2) is 0 Å². The Balaban J connectivity index is 1.57. The van der Waals surface area contributed by atoms with Gasteiger partial charge in [0.2, 0.25) is 0 Å². The predicted molar refractivity (Wildman–Crippen MR) is 80.5 cm³/mol. The quantitative estimate of drug-likeness (QED) is 0.867. The average Bonchev–Trinajstić information content (AvgIpc) is 2.97. The van der Waals surface area contributed by atoms with Crippen LogP contribution in [0.3, 0.4) is 0 Å². The highest BCUT2D eigenvalue weighted by atomic mass is 15.4. The molecule has 0 saturated carbocycles. The number of nitrogens with zero attached hydrogens (tertiary/aromatic N) is 6. The molecule has 1 atom stereocenters. The van der Waals surface area contributed by atoms with E-state index in [1.807, 2.05) is 6.92 Å². The van der Waals surface area contributed by atoms with Crippen molar-refractivity contribution in [1.82, 2.24) is 29.4 Å². The number of piperazine rings is 3. The summed E-state index contributed by atoms with van der Waals surface area (Å²) in [6.07, 6.45) is 1.56. The van der Waals surface area contributed by atoms with Crippen LogP contribution in [0.25, 0.3) is 5.78 Å². The highest BCUT2D eigenvalue weighted by Gasteiger charge is 2.31. The summed E-state index contributed by atoms with van der Waals surface area (Å²) in [6, 6.07) is 0.582. The van der Waals surface area contributed by atoms with Crippen LogP contribution >= 0.6 is 0 Å². The van der Waals surface area contributed by atoms with E-state index in [1.54, 1.807) is 10.8 Å². The molecule has 5 rings (SSSR count). The molecule has 0 radical (unpaired) electrons. The van der Waals surface area contributed by atoms with Crippen molar-refractivity contribution in [3.05, 3.63) is 17.6 Å². The maximum Gasteiger partial charge on any atom is 0.254 e. The first-order chi connectivity index (χ1) is 10.2. The van der Waals surface area contributed by atoms with Gasteiger partial charge in [0.25, 0.3) is 5.78 Å². The number of aryl methyl sites for hydroxylation is 1. The summed E-state index contributed by atoms with van der Waals surface area (Å²) in [7, 11) is 0. The summed E-state index contributed by atoms with van der Waals surface area (Å²) in [5, 5.41) is 7.88. The molecule has 1 N–H and O–H groups in total. The van der Waals surface area contributed by atoms with Gasteiger partial charge in [-0.05, 0) is 13.8 Å². The SMILES string of the molecule is Cc1nc2ncnn2c(NCC2CN3CCN2CC3)c1C. The van der Waals surface area contributed by atoms with Crippen LogP contribution < -0.4 is 5.32 Å². The topological polar surface area (TPSA) is 61.6 Å². The van der Waals surface area contributed by atoms with E-state index < -0.39 is 0 Å². The molecule has 2 aromatic heterocycles. The molecule has 0 aliphatic carbocycles. The lowest BCUT2D eigenvalue weighted by Gasteiger charge is -2.47. The number of nitrogens with one attached hydrogen (secondary N) is 1. The first kappa shape index (κ1) is 13.0. The van der Waals surface area contributed by atoms with Crippen LogP contribution in [0.15, 0.2) is 6.33 Å². The van der Waals surface area contributed by atoms with E-state index in [0.717, 1.165) is 30.2 Å². The fourth-order valence-electron chi connectivity index (χ4n) is 3.37. The lowest BCUT2D eigenvalue weighted by Crippen LogP contribution is -2.62. The largest absolute Gasteiger partial charge is 0.368 e. The number of aromatic nitrogens is 4. The number of anilines is 1. The van der Waals surface area contributed by atoms with Gasteiger partial charge in [-0.15, -0.1) is 0 Å². The molecule has 0 aromatic carbocycles. The van der Waals surface area contributed by atoms with E-state index in [0.29, 0.717) is 11.8 Å². The minimum Gasteiger partial charge on any atom is -0.368 e. The zero-order valence-corrected chi connectivity index (χ0v) is 12.6. The lowest BCUT2D eigenvalue weighted by atomic mass is 10.1. The summed E-state index contributed by atoms with van der Waals surface area (Å²) < 4.78 is 1.80. The van der Waals surface area contributed by atoms with Gasteiger partial charge < -0.3 is 5.32 Å². The van der Waals surface area contributed by atoms with Gasteiger partial charge in [-0.2, -0.15) is 14.6 Å². The Morgan fingerprint density at radius 3 is 2.76 bits per heavy atom. The van der Waals surface area contributed by atoms with Crippen molar-refractivity contribution in [1.29, 1.82) is 0 Å². The van der Waals surface area contributed by atoms with Gasteiger partial charge in [0.05, 0.1) is 0 Å². The molecule has 0 spiro atoms. The monoisotopic (exact) mass is 287 g/mol. The molecule has 7 heteroatoms. The van der Waals surface area contributed by atoms with Gasteiger partial charge in [0, 0.05) is 56.6 Å². The second-order valence-electron chi connectivity index (χ2n) is 6.01. The average molecular weight is 287 g/mol. The molecule has 3 aliphatic rings. The second-order valence-corrected chi connectivity index (χ2v) is 6.01. The van der Waals surface area contributed by atoms with Crippen LogP contribution in [0.1, 0.15) is 11.3 Å².